The summed E-state index contributed by atoms with van der Waals surface area (Å²) in [4.78, 5) is 2.43. The van der Waals surface area contributed by atoms with Crippen molar-refractivity contribution in [1.29, 1.82) is 0 Å². The number of rotatable bonds is 3. The zero-order chi connectivity index (χ0) is 14.1. The summed E-state index contributed by atoms with van der Waals surface area (Å²) in [6.07, 6.45) is 1.15. The van der Waals surface area contributed by atoms with E-state index < -0.39 is 0 Å². The molecule has 1 aliphatic heterocycles. The van der Waals surface area contributed by atoms with Crippen LogP contribution in [0.25, 0.3) is 10.8 Å². The highest BCUT2D eigenvalue weighted by Gasteiger charge is 2.28. The number of hydrogen-bond acceptors (Lipinski definition) is 3. The summed E-state index contributed by atoms with van der Waals surface area (Å²) in [6.45, 7) is 4.82. The normalized spacial score (nSPS) is 23.5. The van der Waals surface area contributed by atoms with Gasteiger partial charge >= 0.3 is 0 Å². The molecular weight excluding hydrogens is 248 g/mol. The molecule has 3 N–H and O–H groups in total. The van der Waals surface area contributed by atoms with Gasteiger partial charge in [0.15, 0.2) is 0 Å². The van der Waals surface area contributed by atoms with Crippen molar-refractivity contribution in [3.63, 3.8) is 0 Å². The van der Waals surface area contributed by atoms with Gasteiger partial charge in [0, 0.05) is 24.7 Å². The lowest BCUT2D eigenvalue weighted by atomic mass is 10.0. The van der Waals surface area contributed by atoms with Crippen LogP contribution in [0.15, 0.2) is 36.4 Å². The highest BCUT2D eigenvalue weighted by atomic mass is 16.3. The maximum absolute atomic E-state index is 10.2. The van der Waals surface area contributed by atoms with Gasteiger partial charge in [-0.2, -0.15) is 0 Å². The fourth-order valence-corrected chi connectivity index (χ4v) is 3.30. The van der Waals surface area contributed by atoms with Crippen LogP contribution in [-0.4, -0.2) is 29.1 Å². The van der Waals surface area contributed by atoms with Gasteiger partial charge in [0.2, 0.25) is 0 Å². The summed E-state index contributed by atoms with van der Waals surface area (Å²) in [6, 6.07) is 12.6. The van der Waals surface area contributed by atoms with Crippen LogP contribution < -0.4 is 5.73 Å². The highest BCUT2D eigenvalue weighted by Crippen LogP contribution is 2.31. The van der Waals surface area contributed by atoms with Gasteiger partial charge in [-0.25, -0.2) is 0 Å². The Kier molecular flexibility index (Phi) is 3.64. The van der Waals surface area contributed by atoms with Crippen molar-refractivity contribution in [2.24, 2.45) is 11.7 Å². The number of hydrogen-bond donors (Lipinski definition) is 2. The molecule has 2 aromatic rings. The number of phenols is 1. The topological polar surface area (TPSA) is 49.5 Å². The lowest BCUT2D eigenvalue weighted by Crippen LogP contribution is -2.27. The van der Waals surface area contributed by atoms with E-state index in [0.29, 0.717) is 17.7 Å². The average molecular weight is 270 g/mol. The molecule has 3 heteroatoms. The number of aromatic hydroxyl groups is 1. The molecule has 0 amide bonds. The Morgan fingerprint density at radius 2 is 2.05 bits per heavy atom. The Balaban J connectivity index is 1.93. The molecule has 0 spiro atoms. The SMILES string of the molecule is CC1CC(CN)CN1Cc1c(O)ccc2ccccc12. The molecule has 1 heterocycles. The van der Waals surface area contributed by atoms with Crippen LogP contribution in [0.2, 0.25) is 0 Å². The molecule has 1 aliphatic rings. The first-order valence-electron chi connectivity index (χ1n) is 7.32. The number of benzene rings is 2. The lowest BCUT2D eigenvalue weighted by Gasteiger charge is -2.22. The second kappa shape index (κ2) is 5.43. The van der Waals surface area contributed by atoms with E-state index in [9.17, 15) is 5.11 Å². The van der Waals surface area contributed by atoms with Gasteiger partial charge in [-0.15, -0.1) is 0 Å². The fourth-order valence-electron chi connectivity index (χ4n) is 3.30. The average Bonchev–Trinajstić information content (AvgIpc) is 2.82. The molecule has 2 atom stereocenters. The standard InChI is InChI=1S/C17H22N2O/c1-12-8-13(9-18)10-19(12)11-16-15-5-3-2-4-14(15)6-7-17(16)20/h2-7,12-13,20H,8-11,18H2,1H3. The van der Waals surface area contributed by atoms with E-state index in [4.69, 9.17) is 5.73 Å². The summed E-state index contributed by atoms with van der Waals surface area (Å²) in [5.41, 5.74) is 6.83. The van der Waals surface area contributed by atoms with E-state index in [1.165, 1.54) is 5.39 Å². The van der Waals surface area contributed by atoms with Crippen molar-refractivity contribution in [2.45, 2.75) is 25.9 Å². The van der Waals surface area contributed by atoms with E-state index >= 15 is 0 Å². The molecular formula is C17H22N2O. The zero-order valence-corrected chi connectivity index (χ0v) is 11.9. The molecule has 3 rings (SSSR count). The van der Waals surface area contributed by atoms with Crippen molar-refractivity contribution >= 4 is 10.8 Å². The summed E-state index contributed by atoms with van der Waals surface area (Å²) >= 11 is 0. The number of phenolic OH excluding ortho intramolecular Hbond substituents is 1. The van der Waals surface area contributed by atoms with Crippen LogP contribution in [0.3, 0.4) is 0 Å². The Morgan fingerprint density at radius 1 is 1.25 bits per heavy atom. The van der Waals surface area contributed by atoms with Crippen molar-refractivity contribution in [1.82, 2.24) is 4.90 Å². The minimum absolute atomic E-state index is 0.395. The summed E-state index contributed by atoms with van der Waals surface area (Å²) in [5, 5.41) is 12.6. The minimum Gasteiger partial charge on any atom is -0.508 e. The monoisotopic (exact) mass is 270 g/mol. The van der Waals surface area contributed by atoms with Crippen molar-refractivity contribution in [3.8, 4) is 5.75 Å². The third-order valence-corrected chi connectivity index (χ3v) is 4.50. The van der Waals surface area contributed by atoms with Gasteiger partial charge in [0.25, 0.3) is 0 Å². The van der Waals surface area contributed by atoms with Crippen LogP contribution in [0.5, 0.6) is 5.75 Å². The molecule has 0 aromatic heterocycles. The molecule has 0 bridgehead atoms. The number of fused-ring (bicyclic) bond motifs is 1. The van der Waals surface area contributed by atoms with Crippen LogP contribution in [0.4, 0.5) is 0 Å². The van der Waals surface area contributed by atoms with Crippen molar-refractivity contribution in [3.05, 3.63) is 42.0 Å². The first kappa shape index (κ1) is 13.4. The lowest BCUT2D eigenvalue weighted by molar-refractivity contribution is 0.253. The van der Waals surface area contributed by atoms with Gasteiger partial charge in [-0.1, -0.05) is 30.3 Å². The Hall–Kier alpha value is -1.58. The third-order valence-electron chi connectivity index (χ3n) is 4.50. The fraction of sp³-hybridized carbons (Fsp3) is 0.412. The van der Waals surface area contributed by atoms with Gasteiger partial charge in [-0.05, 0) is 42.6 Å². The van der Waals surface area contributed by atoms with Gasteiger partial charge in [-0.3, -0.25) is 4.90 Å². The Bertz CT molecular complexity index is 611. The van der Waals surface area contributed by atoms with Crippen molar-refractivity contribution < 1.29 is 5.11 Å². The predicted molar refractivity (Wildman–Crippen MR) is 82.6 cm³/mol. The number of likely N-dealkylation sites (tertiary alicyclic amines) is 1. The molecule has 0 aliphatic carbocycles. The highest BCUT2D eigenvalue weighted by molar-refractivity contribution is 5.87. The van der Waals surface area contributed by atoms with E-state index in [0.717, 1.165) is 37.0 Å². The maximum Gasteiger partial charge on any atom is 0.120 e. The minimum atomic E-state index is 0.395. The molecule has 1 saturated heterocycles. The second-order valence-electron chi connectivity index (χ2n) is 5.90. The van der Waals surface area contributed by atoms with Crippen molar-refractivity contribution in [2.75, 3.05) is 13.1 Å². The van der Waals surface area contributed by atoms with Gasteiger partial charge < -0.3 is 10.8 Å². The zero-order valence-electron chi connectivity index (χ0n) is 11.9. The molecule has 0 radical (unpaired) electrons. The van der Waals surface area contributed by atoms with E-state index in [2.05, 4.69) is 24.0 Å². The maximum atomic E-state index is 10.2. The first-order chi connectivity index (χ1) is 9.69. The summed E-state index contributed by atoms with van der Waals surface area (Å²) in [5.74, 6) is 0.981. The Labute approximate surface area is 120 Å². The van der Waals surface area contributed by atoms with Gasteiger partial charge in [0.1, 0.15) is 5.75 Å². The second-order valence-corrected chi connectivity index (χ2v) is 5.90. The predicted octanol–water partition coefficient (Wildman–Crippen LogP) is 2.71. The van der Waals surface area contributed by atoms with Crippen LogP contribution in [0.1, 0.15) is 18.9 Å². The largest absolute Gasteiger partial charge is 0.508 e. The van der Waals surface area contributed by atoms with E-state index in [-0.39, 0.29) is 0 Å². The Morgan fingerprint density at radius 3 is 2.80 bits per heavy atom. The van der Waals surface area contributed by atoms with Crippen LogP contribution in [-0.2, 0) is 6.54 Å². The van der Waals surface area contributed by atoms with Crippen LogP contribution >= 0.6 is 0 Å². The quantitative estimate of drug-likeness (QED) is 0.901. The summed E-state index contributed by atoms with van der Waals surface area (Å²) in [7, 11) is 0. The van der Waals surface area contributed by atoms with E-state index in [1.807, 2.05) is 18.2 Å². The number of nitrogens with zero attached hydrogens (tertiary/aromatic N) is 1. The molecule has 0 saturated carbocycles. The summed E-state index contributed by atoms with van der Waals surface area (Å²) < 4.78 is 0. The molecule has 106 valence electrons. The van der Waals surface area contributed by atoms with E-state index in [1.54, 1.807) is 6.07 Å². The molecule has 2 aromatic carbocycles. The molecule has 3 nitrogen and oxygen atoms in total. The third kappa shape index (κ3) is 2.39. The molecule has 1 fully saturated rings. The number of nitrogens with two attached hydrogens (primary N) is 1. The smallest absolute Gasteiger partial charge is 0.120 e. The molecule has 2 unspecified atom stereocenters. The first-order valence-corrected chi connectivity index (χ1v) is 7.32. The molecule has 20 heavy (non-hydrogen) atoms. The van der Waals surface area contributed by atoms with Gasteiger partial charge in [0.05, 0.1) is 0 Å². The van der Waals surface area contributed by atoms with Crippen LogP contribution in [0, 0.1) is 5.92 Å².